The number of aromatic hydroxyl groups is 2. The lowest BCUT2D eigenvalue weighted by Crippen LogP contribution is -2.50. The molecule has 2 N–H and O–H groups in total. The highest BCUT2D eigenvalue weighted by atomic mass is 32.2. The van der Waals surface area contributed by atoms with Gasteiger partial charge in [0.1, 0.15) is 0 Å². The third-order valence-corrected chi connectivity index (χ3v) is 4.52. The molecule has 110 valence electrons. The molecule has 1 heterocycles. The second kappa shape index (κ2) is 5.29. The predicted octanol–water partition coefficient (Wildman–Crippen LogP) is -0.185. The van der Waals surface area contributed by atoms with E-state index in [2.05, 4.69) is 0 Å². The van der Waals surface area contributed by atoms with Crippen molar-refractivity contribution in [2.45, 2.75) is 0 Å². The summed E-state index contributed by atoms with van der Waals surface area (Å²) in [7, 11) is -3.23. The summed E-state index contributed by atoms with van der Waals surface area (Å²) in [6, 6.07) is 3.86. The van der Waals surface area contributed by atoms with Crippen LogP contribution in [0.2, 0.25) is 0 Å². The first kappa shape index (κ1) is 14.6. The quantitative estimate of drug-likeness (QED) is 0.738. The fourth-order valence-corrected chi connectivity index (χ4v) is 2.89. The maximum Gasteiger partial charge on any atom is 0.254 e. The number of carbonyl (C=O) groups is 1. The van der Waals surface area contributed by atoms with Crippen LogP contribution in [0.4, 0.5) is 0 Å². The van der Waals surface area contributed by atoms with Crippen molar-refractivity contribution in [1.82, 2.24) is 9.21 Å². The van der Waals surface area contributed by atoms with Crippen LogP contribution in [-0.2, 0) is 10.0 Å². The molecule has 0 spiro atoms. The molecule has 7 nitrogen and oxygen atoms in total. The highest BCUT2D eigenvalue weighted by molar-refractivity contribution is 7.88. The third kappa shape index (κ3) is 3.02. The van der Waals surface area contributed by atoms with Gasteiger partial charge in [-0.2, -0.15) is 4.31 Å². The summed E-state index contributed by atoms with van der Waals surface area (Å²) in [5.74, 6) is -0.942. The lowest BCUT2D eigenvalue weighted by Gasteiger charge is -2.33. The first-order chi connectivity index (χ1) is 9.29. The van der Waals surface area contributed by atoms with Gasteiger partial charge in [0, 0.05) is 31.7 Å². The summed E-state index contributed by atoms with van der Waals surface area (Å²) in [5, 5.41) is 18.6. The minimum atomic E-state index is -3.23. The van der Waals surface area contributed by atoms with Crippen LogP contribution in [0.25, 0.3) is 0 Å². The number of hydrogen-bond acceptors (Lipinski definition) is 5. The Labute approximate surface area is 117 Å². The Morgan fingerprint density at radius 2 is 1.70 bits per heavy atom. The van der Waals surface area contributed by atoms with Gasteiger partial charge in [-0.05, 0) is 18.2 Å². The van der Waals surface area contributed by atoms with Gasteiger partial charge in [0.25, 0.3) is 5.91 Å². The van der Waals surface area contributed by atoms with Crippen LogP contribution < -0.4 is 0 Å². The molecule has 0 atom stereocenters. The van der Waals surface area contributed by atoms with Crippen molar-refractivity contribution in [3.8, 4) is 11.5 Å². The van der Waals surface area contributed by atoms with E-state index in [4.69, 9.17) is 0 Å². The number of nitrogens with zero attached hydrogens (tertiary/aromatic N) is 2. The molecule has 20 heavy (non-hydrogen) atoms. The van der Waals surface area contributed by atoms with E-state index in [0.717, 1.165) is 6.26 Å². The molecule has 0 unspecified atom stereocenters. The van der Waals surface area contributed by atoms with Gasteiger partial charge in [0.2, 0.25) is 10.0 Å². The van der Waals surface area contributed by atoms with E-state index in [1.807, 2.05) is 0 Å². The van der Waals surface area contributed by atoms with Crippen LogP contribution >= 0.6 is 0 Å². The Hall–Kier alpha value is -1.80. The summed E-state index contributed by atoms with van der Waals surface area (Å²) < 4.78 is 24.1. The minimum absolute atomic E-state index is 0.258. The average Bonchev–Trinajstić information content (AvgIpc) is 2.40. The van der Waals surface area contributed by atoms with Crippen LogP contribution in [0, 0.1) is 0 Å². The van der Waals surface area contributed by atoms with E-state index in [1.54, 1.807) is 0 Å². The zero-order valence-corrected chi connectivity index (χ0v) is 11.8. The highest BCUT2D eigenvalue weighted by Gasteiger charge is 2.26. The molecule has 1 aromatic carbocycles. The number of phenolic OH excluding ortho intramolecular Hbond substituents is 2. The standard InChI is InChI=1S/C12H16N2O5S/c1-20(18,19)14-6-4-13(5-7-14)12(17)9-2-3-10(15)11(16)8-9/h2-3,8,15-16H,4-7H2,1H3. The van der Waals surface area contributed by atoms with Crippen LogP contribution in [0.1, 0.15) is 10.4 Å². The van der Waals surface area contributed by atoms with E-state index < -0.39 is 10.0 Å². The molecular formula is C12H16N2O5S. The van der Waals surface area contributed by atoms with Crippen LogP contribution in [0.15, 0.2) is 18.2 Å². The topological polar surface area (TPSA) is 98.2 Å². The van der Waals surface area contributed by atoms with Gasteiger partial charge in [-0.25, -0.2) is 8.42 Å². The summed E-state index contributed by atoms with van der Waals surface area (Å²) in [6.07, 6.45) is 1.14. The normalized spacial score (nSPS) is 17.1. The molecule has 1 aromatic rings. The highest BCUT2D eigenvalue weighted by Crippen LogP contribution is 2.25. The fraction of sp³-hybridized carbons (Fsp3) is 0.417. The molecule has 0 bridgehead atoms. The molecule has 0 radical (unpaired) electrons. The number of benzene rings is 1. The molecule has 0 aromatic heterocycles. The van der Waals surface area contributed by atoms with Gasteiger partial charge < -0.3 is 15.1 Å². The van der Waals surface area contributed by atoms with E-state index in [1.165, 1.54) is 27.4 Å². The SMILES string of the molecule is CS(=O)(=O)N1CCN(C(=O)c2ccc(O)c(O)c2)CC1. The molecule has 1 saturated heterocycles. The van der Waals surface area contributed by atoms with Crippen molar-refractivity contribution in [1.29, 1.82) is 0 Å². The van der Waals surface area contributed by atoms with Crippen molar-refractivity contribution in [3.05, 3.63) is 23.8 Å². The molecule has 1 amide bonds. The molecule has 1 fully saturated rings. The molecule has 1 aliphatic heterocycles. The molecular weight excluding hydrogens is 284 g/mol. The zero-order chi connectivity index (χ0) is 14.9. The van der Waals surface area contributed by atoms with Gasteiger partial charge in [0.05, 0.1) is 6.26 Å². The zero-order valence-electron chi connectivity index (χ0n) is 11.0. The molecule has 0 saturated carbocycles. The number of piperazine rings is 1. The number of hydrogen-bond donors (Lipinski definition) is 2. The third-order valence-electron chi connectivity index (χ3n) is 3.22. The van der Waals surface area contributed by atoms with Crippen molar-refractivity contribution >= 4 is 15.9 Å². The predicted molar refractivity (Wildman–Crippen MR) is 72.1 cm³/mol. The van der Waals surface area contributed by atoms with Crippen molar-refractivity contribution in [2.75, 3.05) is 32.4 Å². The van der Waals surface area contributed by atoms with Gasteiger partial charge in [-0.3, -0.25) is 4.79 Å². The summed E-state index contributed by atoms with van der Waals surface area (Å²) in [4.78, 5) is 13.7. The molecule has 0 aliphatic carbocycles. The number of amides is 1. The maximum atomic E-state index is 12.2. The Morgan fingerprint density at radius 3 is 2.20 bits per heavy atom. The van der Waals surface area contributed by atoms with E-state index in [-0.39, 0.29) is 36.1 Å². The second-order valence-corrected chi connectivity index (χ2v) is 6.64. The largest absolute Gasteiger partial charge is 0.504 e. The first-order valence-electron chi connectivity index (χ1n) is 6.05. The smallest absolute Gasteiger partial charge is 0.254 e. The Kier molecular flexibility index (Phi) is 3.87. The van der Waals surface area contributed by atoms with Crippen molar-refractivity contribution < 1.29 is 23.4 Å². The van der Waals surface area contributed by atoms with Crippen LogP contribution in [0.3, 0.4) is 0 Å². The number of phenols is 2. The molecule has 2 rings (SSSR count). The van der Waals surface area contributed by atoms with Crippen molar-refractivity contribution in [2.24, 2.45) is 0 Å². The van der Waals surface area contributed by atoms with Crippen LogP contribution in [0.5, 0.6) is 11.5 Å². The monoisotopic (exact) mass is 300 g/mol. The van der Waals surface area contributed by atoms with Gasteiger partial charge in [-0.15, -0.1) is 0 Å². The second-order valence-electron chi connectivity index (χ2n) is 4.66. The van der Waals surface area contributed by atoms with Gasteiger partial charge in [0.15, 0.2) is 11.5 Å². The Balaban J connectivity index is 2.07. The average molecular weight is 300 g/mol. The van der Waals surface area contributed by atoms with Crippen molar-refractivity contribution in [3.63, 3.8) is 0 Å². The van der Waals surface area contributed by atoms with Gasteiger partial charge >= 0.3 is 0 Å². The van der Waals surface area contributed by atoms with E-state index in [0.29, 0.717) is 13.1 Å². The Bertz CT molecular complexity index is 621. The van der Waals surface area contributed by atoms with Gasteiger partial charge in [-0.1, -0.05) is 0 Å². The minimum Gasteiger partial charge on any atom is -0.504 e. The van der Waals surface area contributed by atoms with E-state index in [9.17, 15) is 23.4 Å². The molecule has 8 heteroatoms. The maximum absolute atomic E-state index is 12.2. The lowest BCUT2D eigenvalue weighted by atomic mass is 10.1. The van der Waals surface area contributed by atoms with E-state index >= 15 is 0 Å². The number of rotatable bonds is 2. The van der Waals surface area contributed by atoms with Crippen LogP contribution in [-0.4, -0.2) is 66.2 Å². The summed E-state index contributed by atoms with van der Waals surface area (Å²) in [5.41, 5.74) is 0.258. The fourth-order valence-electron chi connectivity index (χ4n) is 2.06. The Morgan fingerprint density at radius 1 is 1.10 bits per heavy atom. The molecule has 1 aliphatic rings. The summed E-state index contributed by atoms with van der Waals surface area (Å²) in [6.45, 7) is 1.12. The summed E-state index contributed by atoms with van der Waals surface area (Å²) >= 11 is 0. The first-order valence-corrected chi connectivity index (χ1v) is 7.90. The number of sulfonamides is 1. The number of carbonyl (C=O) groups excluding carboxylic acids is 1. The lowest BCUT2D eigenvalue weighted by molar-refractivity contribution is 0.0698.